The van der Waals surface area contributed by atoms with Gasteiger partial charge in [0.1, 0.15) is 0 Å². The molecule has 0 fully saturated rings. The molecule has 0 saturated carbocycles. The van der Waals surface area contributed by atoms with Gasteiger partial charge in [-0.05, 0) is 59.0 Å². The number of rotatable bonds is 13. The molecule has 0 bridgehead atoms. The first-order valence-corrected chi connectivity index (χ1v) is 11.2. The molecule has 1 atom stereocenters. The Hall–Kier alpha value is -0.720. The number of unbranched alkanes of at least 4 members (excludes halogenated alkanes) is 1. The molecule has 152 valence electrons. The minimum Gasteiger partial charge on any atom is -0.502 e. The number of hydrogen-bond donors (Lipinski definition) is 3. The van der Waals surface area contributed by atoms with E-state index >= 15 is 0 Å². The van der Waals surface area contributed by atoms with Crippen molar-refractivity contribution in [2.45, 2.75) is 52.9 Å². The Morgan fingerprint density at radius 3 is 2.12 bits per heavy atom. The summed E-state index contributed by atoms with van der Waals surface area (Å²) >= 11 is 0. The largest absolute Gasteiger partial charge is 0.502 e. The van der Waals surface area contributed by atoms with E-state index in [9.17, 15) is 9.13 Å². The van der Waals surface area contributed by atoms with Gasteiger partial charge < -0.3 is 19.4 Å². The third-order valence-corrected chi connectivity index (χ3v) is 5.59. The second-order valence-corrected chi connectivity index (χ2v) is 8.72. The van der Waals surface area contributed by atoms with Gasteiger partial charge in [0, 0.05) is 0 Å². The smallest absolute Gasteiger partial charge is 0.481 e. The van der Waals surface area contributed by atoms with Crippen molar-refractivity contribution < 1.29 is 37.4 Å². The number of allylic oxidation sites excluding steroid dienone is 5. The Morgan fingerprint density at radius 2 is 1.54 bits per heavy atom. The zero-order valence-electron chi connectivity index (χ0n) is 15.8. The summed E-state index contributed by atoms with van der Waals surface area (Å²) < 4.78 is 35.0. The molecule has 10 heteroatoms. The van der Waals surface area contributed by atoms with Gasteiger partial charge in [0.2, 0.25) is 0 Å². The van der Waals surface area contributed by atoms with Crippen molar-refractivity contribution in [3.05, 3.63) is 35.1 Å². The van der Waals surface area contributed by atoms with E-state index in [1.807, 2.05) is 13.8 Å². The molecule has 26 heavy (non-hydrogen) atoms. The van der Waals surface area contributed by atoms with Gasteiger partial charge in [-0.25, -0.2) is 9.13 Å². The van der Waals surface area contributed by atoms with E-state index < -0.39 is 15.6 Å². The summed E-state index contributed by atoms with van der Waals surface area (Å²) in [7, 11) is -8.19. The zero-order chi connectivity index (χ0) is 20.2. The Balaban J connectivity index is 4.09. The van der Waals surface area contributed by atoms with Gasteiger partial charge in [-0.3, -0.25) is 4.52 Å². The van der Waals surface area contributed by atoms with Crippen LogP contribution in [0.2, 0.25) is 0 Å². The Bertz CT molecular complexity index is 603. The molecule has 0 aromatic carbocycles. The first-order chi connectivity index (χ1) is 11.9. The first-order valence-electron chi connectivity index (χ1n) is 8.21. The summed E-state index contributed by atoms with van der Waals surface area (Å²) in [6.45, 7) is 5.60. The van der Waals surface area contributed by atoms with Crippen molar-refractivity contribution in [1.82, 2.24) is 0 Å². The Labute approximate surface area is 155 Å². The van der Waals surface area contributed by atoms with Gasteiger partial charge in [-0.15, -0.1) is 0 Å². The number of phosphoric acid groups is 2. The molecule has 0 aromatic heterocycles. The molecule has 1 unspecified atom stereocenters. The lowest BCUT2D eigenvalue weighted by atomic mass is 10.1. The highest BCUT2D eigenvalue weighted by Crippen LogP contribution is 2.57. The molecule has 0 rings (SSSR count). The fraction of sp³-hybridized carbons (Fsp3) is 0.625. The Morgan fingerprint density at radius 1 is 0.923 bits per heavy atom. The molecule has 0 aliphatic heterocycles. The molecule has 0 heterocycles. The normalized spacial score (nSPS) is 16.5. The minimum atomic E-state index is -5.07. The van der Waals surface area contributed by atoms with Gasteiger partial charge in [0.05, 0.1) is 19.5 Å². The highest BCUT2D eigenvalue weighted by Gasteiger charge is 2.31. The number of ether oxygens (including phenoxy) is 1. The summed E-state index contributed by atoms with van der Waals surface area (Å²) in [5.74, 6) is 0.916. The van der Waals surface area contributed by atoms with Gasteiger partial charge in [-0.1, -0.05) is 23.3 Å². The molecule has 8 nitrogen and oxygen atoms in total. The lowest BCUT2D eigenvalue weighted by Gasteiger charge is -2.11. The van der Waals surface area contributed by atoms with Crippen LogP contribution in [0.1, 0.15) is 52.9 Å². The number of hydrogen-bond acceptors (Lipinski definition) is 5. The van der Waals surface area contributed by atoms with Gasteiger partial charge >= 0.3 is 15.6 Å². The maximum absolute atomic E-state index is 11.3. The van der Waals surface area contributed by atoms with Crippen LogP contribution in [0, 0.1) is 0 Å². The summed E-state index contributed by atoms with van der Waals surface area (Å²) in [5, 5.41) is 0. The topological polar surface area (TPSA) is 123 Å². The predicted molar refractivity (Wildman–Crippen MR) is 100 cm³/mol. The summed E-state index contributed by atoms with van der Waals surface area (Å²) in [6.07, 6.45) is 10.4. The molecular formula is C16H30O8P2. The van der Waals surface area contributed by atoms with Crippen molar-refractivity contribution in [3.8, 4) is 0 Å². The van der Waals surface area contributed by atoms with Crippen LogP contribution in [0.3, 0.4) is 0 Å². The fourth-order valence-electron chi connectivity index (χ4n) is 1.95. The third-order valence-electron chi connectivity index (χ3n) is 3.44. The average molecular weight is 412 g/mol. The molecule has 0 aromatic rings. The van der Waals surface area contributed by atoms with Crippen LogP contribution in [0.5, 0.6) is 0 Å². The molecular weight excluding hydrogens is 382 g/mol. The van der Waals surface area contributed by atoms with Crippen molar-refractivity contribution >= 4 is 15.6 Å². The van der Waals surface area contributed by atoms with E-state index in [0.717, 1.165) is 43.4 Å². The third kappa shape index (κ3) is 15.5. The highest BCUT2D eigenvalue weighted by atomic mass is 31.3. The summed E-state index contributed by atoms with van der Waals surface area (Å²) in [6, 6.07) is 0. The van der Waals surface area contributed by atoms with Crippen molar-refractivity contribution in [3.63, 3.8) is 0 Å². The van der Waals surface area contributed by atoms with Gasteiger partial charge in [0.15, 0.2) is 0 Å². The maximum atomic E-state index is 11.3. The first kappa shape index (κ1) is 25.3. The lowest BCUT2D eigenvalue weighted by molar-refractivity contribution is 0.191. The van der Waals surface area contributed by atoms with E-state index in [4.69, 9.17) is 19.4 Å². The maximum Gasteiger partial charge on any atom is 0.481 e. The van der Waals surface area contributed by atoms with Gasteiger partial charge in [0.25, 0.3) is 0 Å². The van der Waals surface area contributed by atoms with E-state index in [1.165, 1.54) is 5.57 Å². The van der Waals surface area contributed by atoms with Crippen LogP contribution in [-0.2, 0) is 22.7 Å². The zero-order valence-corrected chi connectivity index (χ0v) is 17.5. The summed E-state index contributed by atoms with van der Waals surface area (Å²) in [4.78, 5) is 26.1. The Kier molecular flexibility index (Phi) is 12.3. The quantitative estimate of drug-likeness (QED) is 0.174. The molecule has 0 aliphatic rings. The molecule has 0 radical (unpaired) electrons. The number of phosphoric ester groups is 1. The SMILES string of the molecule is CO/C(C)=C/CC/C(C)=C/CCC/C(C)=C/COP(=O)(O)OP(=O)(O)O. The van der Waals surface area contributed by atoms with E-state index in [-0.39, 0.29) is 6.61 Å². The fourth-order valence-corrected chi connectivity index (χ4v) is 3.48. The van der Waals surface area contributed by atoms with Crippen molar-refractivity contribution in [1.29, 1.82) is 0 Å². The standard InChI is InChI=1S/C16H30O8P2/c1-14(10-7-11-16(3)22-4)8-5-6-9-15(2)12-13-23-26(20,21)24-25(17,18)19/h8,11-12H,5-7,9-10,13H2,1-4H3,(H,20,21)(H2,17,18,19)/b14-8+,15-12+,16-11+. The summed E-state index contributed by atoms with van der Waals surface area (Å²) in [5.41, 5.74) is 2.26. The van der Waals surface area contributed by atoms with Crippen LogP contribution < -0.4 is 0 Å². The van der Waals surface area contributed by atoms with Crippen molar-refractivity contribution in [2.75, 3.05) is 13.7 Å². The van der Waals surface area contributed by atoms with Crippen LogP contribution in [0.4, 0.5) is 0 Å². The average Bonchev–Trinajstić information content (AvgIpc) is 2.48. The second-order valence-electron chi connectivity index (χ2n) is 5.89. The van der Waals surface area contributed by atoms with Crippen molar-refractivity contribution in [2.24, 2.45) is 0 Å². The van der Waals surface area contributed by atoms with E-state index in [1.54, 1.807) is 13.2 Å². The van der Waals surface area contributed by atoms with Crippen LogP contribution in [0.15, 0.2) is 35.1 Å². The van der Waals surface area contributed by atoms with E-state index in [2.05, 4.69) is 27.9 Å². The van der Waals surface area contributed by atoms with Crippen LogP contribution in [-0.4, -0.2) is 28.4 Å². The van der Waals surface area contributed by atoms with E-state index in [0.29, 0.717) is 0 Å². The lowest BCUT2D eigenvalue weighted by Crippen LogP contribution is -1.94. The van der Waals surface area contributed by atoms with Crippen LogP contribution in [0.25, 0.3) is 0 Å². The second kappa shape index (κ2) is 12.6. The molecule has 0 amide bonds. The predicted octanol–water partition coefficient (Wildman–Crippen LogP) is 4.61. The van der Waals surface area contributed by atoms with Gasteiger partial charge in [-0.2, -0.15) is 4.31 Å². The molecule has 0 spiro atoms. The number of methoxy groups -OCH3 is 1. The highest BCUT2D eigenvalue weighted by molar-refractivity contribution is 7.60. The molecule has 0 aliphatic carbocycles. The van der Waals surface area contributed by atoms with Crippen LogP contribution >= 0.6 is 15.6 Å². The monoisotopic (exact) mass is 412 g/mol. The minimum absolute atomic E-state index is 0.264. The molecule has 3 N–H and O–H groups in total. The molecule has 0 saturated heterocycles.